The monoisotopic (exact) mass is 555 g/mol. The van der Waals surface area contributed by atoms with Crippen molar-refractivity contribution in [3.63, 3.8) is 0 Å². The van der Waals surface area contributed by atoms with Gasteiger partial charge in [0.05, 0.1) is 21.5 Å². The molecule has 198 valence electrons. The second kappa shape index (κ2) is 10.2. The lowest BCUT2D eigenvalue weighted by Crippen LogP contribution is -2.20. The minimum Gasteiger partial charge on any atom is -0.456 e. The molecular weight excluding hydrogens is 538 g/mol. The maximum absolute atomic E-state index is 14.4. The standard InChI is InChI=1S/C26H17F4N5O3S/c27-18-8-7-16(11-20(18)33-24(37)32-15-5-3-14(4-6-15)26(28,29)30)38-21-10-9-19-22(17(21)12-31)39-25(34-19)35-23(36)13-1-2-13/h3-11,13H,1-2H2,(H2,32,33,37)(H,34,35,36). The van der Waals surface area contributed by atoms with Crippen molar-refractivity contribution in [1.82, 2.24) is 4.98 Å². The summed E-state index contributed by atoms with van der Waals surface area (Å²) in [6.45, 7) is 0. The Hall–Kier alpha value is -4.70. The Morgan fingerprint density at radius 3 is 2.44 bits per heavy atom. The molecular formula is C26H17F4N5O3S. The van der Waals surface area contributed by atoms with E-state index in [1.807, 2.05) is 0 Å². The summed E-state index contributed by atoms with van der Waals surface area (Å²) in [6, 6.07) is 11.6. The van der Waals surface area contributed by atoms with Crippen molar-refractivity contribution in [2.75, 3.05) is 16.0 Å². The highest BCUT2D eigenvalue weighted by atomic mass is 32.1. The number of urea groups is 1. The number of nitrogens with zero attached hydrogens (tertiary/aromatic N) is 2. The molecule has 0 atom stereocenters. The molecule has 3 aromatic carbocycles. The number of anilines is 3. The van der Waals surface area contributed by atoms with Crippen LogP contribution in [0.25, 0.3) is 10.2 Å². The fourth-order valence-electron chi connectivity index (χ4n) is 3.59. The molecule has 1 fully saturated rings. The van der Waals surface area contributed by atoms with Gasteiger partial charge in [0.15, 0.2) is 5.13 Å². The number of carbonyl (C=O) groups excluding carboxylic acids is 2. The van der Waals surface area contributed by atoms with E-state index in [0.717, 1.165) is 54.5 Å². The van der Waals surface area contributed by atoms with Crippen LogP contribution < -0.4 is 20.7 Å². The van der Waals surface area contributed by atoms with E-state index in [2.05, 4.69) is 27.0 Å². The van der Waals surface area contributed by atoms with Gasteiger partial charge < -0.3 is 20.7 Å². The van der Waals surface area contributed by atoms with Gasteiger partial charge in [-0.05, 0) is 61.4 Å². The Labute approximate surface area is 222 Å². The van der Waals surface area contributed by atoms with Crippen molar-refractivity contribution < 1.29 is 31.9 Å². The van der Waals surface area contributed by atoms with Crippen molar-refractivity contribution >= 4 is 50.0 Å². The summed E-state index contributed by atoms with van der Waals surface area (Å²) < 4.78 is 58.9. The third kappa shape index (κ3) is 5.91. The molecule has 1 aliphatic rings. The van der Waals surface area contributed by atoms with Crippen molar-refractivity contribution in [3.8, 4) is 17.6 Å². The number of benzene rings is 3. The van der Waals surface area contributed by atoms with E-state index >= 15 is 0 Å². The third-order valence-electron chi connectivity index (χ3n) is 5.69. The van der Waals surface area contributed by atoms with Gasteiger partial charge in [-0.25, -0.2) is 14.2 Å². The molecule has 5 rings (SSSR count). The average Bonchev–Trinajstić information content (AvgIpc) is 3.66. The molecule has 0 saturated heterocycles. The number of rotatable bonds is 6. The molecule has 0 radical (unpaired) electrons. The fraction of sp³-hybridized carbons (Fsp3) is 0.154. The minimum absolute atomic E-state index is 0.00959. The van der Waals surface area contributed by atoms with Crippen LogP contribution in [0.5, 0.6) is 11.5 Å². The van der Waals surface area contributed by atoms with Gasteiger partial charge in [0.25, 0.3) is 0 Å². The van der Waals surface area contributed by atoms with Crippen LogP contribution in [0, 0.1) is 23.1 Å². The highest BCUT2D eigenvalue weighted by molar-refractivity contribution is 7.22. The van der Waals surface area contributed by atoms with Crippen LogP contribution in [0.2, 0.25) is 0 Å². The van der Waals surface area contributed by atoms with E-state index in [0.29, 0.717) is 15.3 Å². The topological polar surface area (TPSA) is 116 Å². The number of alkyl halides is 3. The first-order valence-electron chi connectivity index (χ1n) is 11.5. The van der Waals surface area contributed by atoms with Crippen molar-refractivity contribution in [2.45, 2.75) is 19.0 Å². The maximum Gasteiger partial charge on any atom is 0.416 e. The van der Waals surface area contributed by atoms with Gasteiger partial charge in [0.1, 0.15) is 28.9 Å². The molecule has 1 heterocycles. The summed E-state index contributed by atoms with van der Waals surface area (Å²) in [6.07, 6.45) is -2.85. The van der Waals surface area contributed by atoms with Crippen molar-refractivity contribution in [2.24, 2.45) is 5.92 Å². The van der Waals surface area contributed by atoms with Gasteiger partial charge in [0.2, 0.25) is 5.91 Å². The van der Waals surface area contributed by atoms with Crippen LogP contribution >= 0.6 is 11.3 Å². The minimum atomic E-state index is -4.52. The zero-order valence-electron chi connectivity index (χ0n) is 19.7. The molecule has 4 aromatic rings. The van der Waals surface area contributed by atoms with Crippen molar-refractivity contribution in [1.29, 1.82) is 5.26 Å². The van der Waals surface area contributed by atoms with Gasteiger partial charge in [-0.3, -0.25) is 4.79 Å². The Morgan fingerprint density at radius 2 is 1.77 bits per heavy atom. The maximum atomic E-state index is 14.4. The zero-order chi connectivity index (χ0) is 27.7. The normalized spacial score (nSPS) is 13.0. The highest BCUT2D eigenvalue weighted by Crippen LogP contribution is 2.38. The predicted molar refractivity (Wildman–Crippen MR) is 136 cm³/mol. The number of hydrogen-bond donors (Lipinski definition) is 3. The highest BCUT2D eigenvalue weighted by Gasteiger charge is 2.31. The smallest absolute Gasteiger partial charge is 0.416 e. The number of thiazole rings is 1. The third-order valence-corrected chi connectivity index (χ3v) is 6.70. The molecule has 8 nitrogen and oxygen atoms in total. The lowest BCUT2D eigenvalue weighted by molar-refractivity contribution is -0.137. The molecule has 0 unspecified atom stereocenters. The van der Waals surface area contributed by atoms with Crippen LogP contribution in [0.15, 0.2) is 54.6 Å². The van der Waals surface area contributed by atoms with Gasteiger partial charge in [-0.1, -0.05) is 11.3 Å². The Morgan fingerprint density at radius 1 is 1.03 bits per heavy atom. The summed E-state index contributed by atoms with van der Waals surface area (Å²) in [4.78, 5) is 28.7. The fourth-order valence-corrected chi connectivity index (χ4v) is 4.54. The predicted octanol–water partition coefficient (Wildman–Crippen LogP) is 7.11. The molecule has 0 aliphatic heterocycles. The number of halogens is 4. The summed E-state index contributed by atoms with van der Waals surface area (Å²) in [5.74, 6) is -0.661. The molecule has 13 heteroatoms. The number of aromatic nitrogens is 1. The lowest BCUT2D eigenvalue weighted by Gasteiger charge is -2.12. The largest absolute Gasteiger partial charge is 0.456 e. The van der Waals surface area contributed by atoms with Gasteiger partial charge >= 0.3 is 12.2 Å². The molecule has 3 amide bonds. The van der Waals surface area contributed by atoms with Gasteiger partial charge in [-0.15, -0.1) is 0 Å². The first-order valence-corrected chi connectivity index (χ1v) is 12.3. The van der Waals surface area contributed by atoms with E-state index in [1.165, 1.54) is 18.2 Å². The number of nitrogens with one attached hydrogen (secondary N) is 3. The first kappa shape index (κ1) is 25.9. The second-order valence-electron chi connectivity index (χ2n) is 8.58. The Kier molecular flexibility index (Phi) is 6.80. The molecule has 1 saturated carbocycles. The van der Waals surface area contributed by atoms with Gasteiger partial charge in [0, 0.05) is 17.7 Å². The molecule has 0 bridgehead atoms. The second-order valence-corrected chi connectivity index (χ2v) is 9.58. The number of hydrogen-bond acceptors (Lipinski definition) is 6. The summed E-state index contributed by atoms with van der Waals surface area (Å²) >= 11 is 1.13. The summed E-state index contributed by atoms with van der Waals surface area (Å²) in [5, 5.41) is 17.5. The number of carbonyl (C=O) groups is 2. The van der Waals surface area contributed by atoms with Crippen LogP contribution in [-0.4, -0.2) is 16.9 Å². The molecule has 1 aliphatic carbocycles. The van der Waals surface area contributed by atoms with E-state index < -0.39 is 23.6 Å². The quantitative estimate of drug-likeness (QED) is 0.219. The summed E-state index contributed by atoms with van der Waals surface area (Å²) in [5.41, 5.74) is -0.416. The number of fused-ring (bicyclic) bond motifs is 1. The first-order chi connectivity index (χ1) is 18.6. The molecule has 3 N–H and O–H groups in total. The Balaban J connectivity index is 1.31. The summed E-state index contributed by atoms with van der Waals surface area (Å²) in [7, 11) is 0. The number of ether oxygens (including phenoxy) is 1. The number of amides is 3. The van der Waals surface area contributed by atoms with E-state index in [-0.39, 0.29) is 40.3 Å². The van der Waals surface area contributed by atoms with Gasteiger partial charge in [-0.2, -0.15) is 18.4 Å². The molecule has 0 spiro atoms. The van der Waals surface area contributed by atoms with Crippen LogP contribution in [-0.2, 0) is 11.0 Å². The van der Waals surface area contributed by atoms with E-state index in [4.69, 9.17) is 4.74 Å². The average molecular weight is 556 g/mol. The van der Waals surface area contributed by atoms with Crippen LogP contribution in [0.3, 0.4) is 0 Å². The Bertz CT molecular complexity index is 1630. The van der Waals surface area contributed by atoms with Crippen molar-refractivity contribution in [3.05, 3.63) is 71.5 Å². The van der Waals surface area contributed by atoms with Crippen LogP contribution in [0.1, 0.15) is 24.0 Å². The lowest BCUT2D eigenvalue weighted by atomic mass is 10.2. The van der Waals surface area contributed by atoms with E-state index in [9.17, 15) is 32.4 Å². The number of nitriles is 1. The molecule has 1 aromatic heterocycles. The molecule has 39 heavy (non-hydrogen) atoms. The van der Waals surface area contributed by atoms with Crippen LogP contribution in [0.4, 0.5) is 38.9 Å². The zero-order valence-corrected chi connectivity index (χ0v) is 20.5. The SMILES string of the molecule is N#Cc1c(Oc2ccc(F)c(NC(=O)Nc3ccc(C(F)(F)F)cc3)c2)ccc2nc(NC(=O)C3CC3)sc12. The van der Waals surface area contributed by atoms with E-state index in [1.54, 1.807) is 6.07 Å².